The molecule has 0 saturated heterocycles. The van der Waals surface area contributed by atoms with E-state index in [1.807, 2.05) is 12.1 Å². The third-order valence-electron chi connectivity index (χ3n) is 3.20. The van der Waals surface area contributed by atoms with E-state index in [4.69, 9.17) is 0 Å². The summed E-state index contributed by atoms with van der Waals surface area (Å²) in [6.45, 7) is 2.55. The molecule has 21 heavy (non-hydrogen) atoms. The zero-order valence-electron chi connectivity index (χ0n) is 12.1. The molecule has 2 aromatic rings. The van der Waals surface area contributed by atoms with Gasteiger partial charge in [0.05, 0.1) is 5.75 Å². The number of hydrogen-bond donors (Lipinski definition) is 1. The Morgan fingerprint density at radius 2 is 2.19 bits per heavy atom. The molecule has 0 aliphatic carbocycles. The van der Waals surface area contributed by atoms with Crippen LogP contribution in [0.25, 0.3) is 0 Å². The largest absolute Gasteiger partial charge is 0.319 e. The Balaban J connectivity index is 2.03. The first-order valence-corrected chi connectivity index (χ1v) is 7.86. The molecule has 1 unspecified atom stereocenters. The highest BCUT2D eigenvalue weighted by Crippen LogP contribution is 2.26. The van der Waals surface area contributed by atoms with Crippen molar-refractivity contribution in [1.82, 2.24) is 14.9 Å². The van der Waals surface area contributed by atoms with Gasteiger partial charge in [0.25, 0.3) is 0 Å². The van der Waals surface area contributed by atoms with Crippen molar-refractivity contribution in [2.24, 2.45) is 0 Å². The molecule has 1 aromatic carbocycles. The van der Waals surface area contributed by atoms with Crippen LogP contribution < -0.4 is 5.32 Å². The van der Waals surface area contributed by atoms with Gasteiger partial charge in [-0.2, -0.15) is 8.78 Å². The average molecular weight is 311 g/mol. The van der Waals surface area contributed by atoms with E-state index in [1.54, 1.807) is 0 Å². The van der Waals surface area contributed by atoms with Crippen LogP contribution in [0.3, 0.4) is 0 Å². The SMILES string of the molecule is CCNC(C)c1cccc(SCc2nccn2C(F)F)c1. The molecule has 1 atom stereocenters. The standard InChI is InChI=1S/C15H19F2N3S/c1-3-18-11(2)12-5-4-6-13(9-12)21-10-14-19-7-8-20(14)15(16)17/h4-9,11,15,18H,3,10H2,1-2H3. The van der Waals surface area contributed by atoms with Crippen LogP contribution in [0.1, 0.15) is 37.8 Å². The molecule has 0 radical (unpaired) electrons. The second kappa shape index (κ2) is 7.56. The summed E-state index contributed by atoms with van der Waals surface area (Å²) >= 11 is 1.51. The van der Waals surface area contributed by atoms with E-state index in [0.717, 1.165) is 16.0 Å². The van der Waals surface area contributed by atoms with Gasteiger partial charge in [-0.3, -0.25) is 4.57 Å². The van der Waals surface area contributed by atoms with Crippen LogP contribution in [-0.2, 0) is 5.75 Å². The minimum atomic E-state index is -2.54. The number of imidazole rings is 1. The molecule has 0 aliphatic heterocycles. The first-order chi connectivity index (χ1) is 10.1. The lowest BCUT2D eigenvalue weighted by molar-refractivity contribution is 0.0678. The summed E-state index contributed by atoms with van der Waals surface area (Å²) in [6.07, 6.45) is 2.72. The number of benzene rings is 1. The van der Waals surface area contributed by atoms with Crippen molar-refractivity contribution in [3.63, 3.8) is 0 Å². The summed E-state index contributed by atoms with van der Waals surface area (Å²) in [5, 5.41) is 3.36. The smallest absolute Gasteiger partial charge is 0.310 e. The molecule has 0 aliphatic rings. The van der Waals surface area contributed by atoms with E-state index in [1.165, 1.54) is 29.7 Å². The van der Waals surface area contributed by atoms with E-state index in [2.05, 4.69) is 36.3 Å². The van der Waals surface area contributed by atoms with Crippen molar-refractivity contribution in [2.45, 2.75) is 37.1 Å². The molecule has 0 spiro atoms. The first-order valence-electron chi connectivity index (χ1n) is 6.87. The second-order valence-electron chi connectivity index (χ2n) is 4.67. The maximum atomic E-state index is 12.7. The number of thioether (sulfide) groups is 1. The molecule has 3 nitrogen and oxygen atoms in total. The number of rotatable bonds is 7. The Hall–Kier alpha value is -1.40. The van der Waals surface area contributed by atoms with E-state index >= 15 is 0 Å². The van der Waals surface area contributed by atoms with Gasteiger partial charge >= 0.3 is 6.55 Å². The molecular formula is C15H19F2N3S. The summed E-state index contributed by atoms with van der Waals surface area (Å²) < 4.78 is 26.4. The fraction of sp³-hybridized carbons (Fsp3) is 0.400. The number of nitrogens with zero attached hydrogens (tertiary/aromatic N) is 2. The Morgan fingerprint density at radius 3 is 2.90 bits per heavy atom. The van der Waals surface area contributed by atoms with Gasteiger partial charge in [-0.15, -0.1) is 11.8 Å². The third-order valence-corrected chi connectivity index (χ3v) is 4.19. The average Bonchev–Trinajstić information content (AvgIpc) is 2.94. The lowest BCUT2D eigenvalue weighted by Gasteiger charge is -2.13. The summed E-state index contributed by atoms with van der Waals surface area (Å²) in [6, 6.07) is 8.41. The zero-order valence-corrected chi connectivity index (χ0v) is 12.9. The highest BCUT2D eigenvalue weighted by Gasteiger charge is 2.12. The maximum absolute atomic E-state index is 12.7. The van der Waals surface area contributed by atoms with Crippen LogP contribution in [0.5, 0.6) is 0 Å². The second-order valence-corrected chi connectivity index (χ2v) is 5.72. The predicted molar refractivity (Wildman–Crippen MR) is 81.6 cm³/mol. The minimum absolute atomic E-state index is 0.276. The molecule has 0 amide bonds. The lowest BCUT2D eigenvalue weighted by atomic mass is 10.1. The van der Waals surface area contributed by atoms with Gasteiger partial charge in [-0.1, -0.05) is 19.1 Å². The van der Waals surface area contributed by atoms with E-state index < -0.39 is 6.55 Å². The summed E-state index contributed by atoms with van der Waals surface area (Å²) in [5.74, 6) is 0.816. The topological polar surface area (TPSA) is 29.9 Å². The normalized spacial score (nSPS) is 12.8. The molecule has 6 heteroatoms. The van der Waals surface area contributed by atoms with E-state index in [0.29, 0.717) is 11.6 Å². The Kier molecular flexibility index (Phi) is 5.76. The molecular weight excluding hydrogens is 292 g/mol. The molecule has 114 valence electrons. The highest BCUT2D eigenvalue weighted by atomic mass is 32.2. The van der Waals surface area contributed by atoms with Crippen LogP contribution >= 0.6 is 11.8 Å². The predicted octanol–water partition coefficient (Wildman–Crippen LogP) is 4.24. The van der Waals surface area contributed by atoms with Crippen molar-refractivity contribution >= 4 is 11.8 Å². The molecule has 1 N–H and O–H groups in total. The molecule has 2 rings (SSSR count). The van der Waals surface area contributed by atoms with Gasteiger partial charge in [0.15, 0.2) is 0 Å². The van der Waals surface area contributed by atoms with Crippen LogP contribution in [0.2, 0.25) is 0 Å². The van der Waals surface area contributed by atoms with Crippen molar-refractivity contribution < 1.29 is 8.78 Å². The highest BCUT2D eigenvalue weighted by molar-refractivity contribution is 7.98. The molecule has 1 aromatic heterocycles. The minimum Gasteiger partial charge on any atom is -0.310 e. The van der Waals surface area contributed by atoms with Crippen molar-refractivity contribution in [2.75, 3.05) is 6.54 Å². The van der Waals surface area contributed by atoms with Crippen LogP contribution in [-0.4, -0.2) is 16.1 Å². The lowest BCUT2D eigenvalue weighted by Crippen LogP contribution is -2.17. The molecule has 0 saturated carbocycles. The number of aromatic nitrogens is 2. The fourth-order valence-corrected chi connectivity index (χ4v) is 2.99. The van der Waals surface area contributed by atoms with Crippen molar-refractivity contribution in [3.8, 4) is 0 Å². The van der Waals surface area contributed by atoms with Gasteiger partial charge in [0.1, 0.15) is 5.82 Å². The van der Waals surface area contributed by atoms with Gasteiger partial charge in [0, 0.05) is 23.3 Å². The van der Waals surface area contributed by atoms with Crippen LogP contribution in [0, 0.1) is 0 Å². The number of hydrogen-bond acceptors (Lipinski definition) is 3. The molecule has 0 bridgehead atoms. The number of nitrogens with one attached hydrogen (secondary N) is 1. The number of halogens is 2. The molecule has 1 heterocycles. The van der Waals surface area contributed by atoms with Crippen LogP contribution in [0.4, 0.5) is 8.78 Å². The Labute approximate surface area is 127 Å². The van der Waals surface area contributed by atoms with Crippen LogP contribution in [0.15, 0.2) is 41.6 Å². The first kappa shape index (κ1) is 16.0. The summed E-state index contributed by atoms with van der Waals surface area (Å²) in [4.78, 5) is 5.05. The monoisotopic (exact) mass is 311 g/mol. The maximum Gasteiger partial charge on any atom is 0.319 e. The summed E-state index contributed by atoms with van der Waals surface area (Å²) in [7, 11) is 0. The van der Waals surface area contributed by atoms with Crippen molar-refractivity contribution in [1.29, 1.82) is 0 Å². The van der Waals surface area contributed by atoms with E-state index in [9.17, 15) is 8.78 Å². The number of alkyl halides is 2. The zero-order chi connectivity index (χ0) is 15.2. The Morgan fingerprint density at radius 1 is 1.38 bits per heavy atom. The Bertz CT molecular complexity index is 572. The van der Waals surface area contributed by atoms with Gasteiger partial charge in [-0.05, 0) is 31.2 Å². The van der Waals surface area contributed by atoms with E-state index in [-0.39, 0.29) is 6.04 Å². The van der Waals surface area contributed by atoms with Gasteiger partial charge in [-0.25, -0.2) is 4.98 Å². The van der Waals surface area contributed by atoms with Crippen molar-refractivity contribution in [3.05, 3.63) is 48.0 Å². The quantitative estimate of drug-likeness (QED) is 0.776. The van der Waals surface area contributed by atoms with Gasteiger partial charge in [0.2, 0.25) is 0 Å². The molecule has 0 fully saturated rings. The third kappa shape index (κ3) is 4.28. The fourth-order valence-electron chi connectivity index (χ4n) is 2.08. The summed E-state index contributed by atoms with van der Waals surface area (Å²) in [5.41, 5.74) is 1.19. The van der Waals surface area contributed by atoms with Gasteiger partial charge < -0.3 is 5.32 Å².